The van der Waals surface area contributed by atoms with Gasteiger partial charge in [-0.2, -0.15) is 0 Å². The molecule has 6 nitrogen and oxygen atoms in total. The summed E-state index contributed by atoms with van der Waals surface area (Å²) in [5.41, 5.74) is 1.25. The quantitative estimate of drug-likeness (QED) is 0.741. The fourth-order valence-corrected chi connectivity index (χ4v) is 4.21. The molecule has 0 heterocycles. The lowest BCUT2D eigenvalue weighted by Gasteiger charge is -2.20. The molecule has 8 heteroatoms. The van der Waals surface area contributed by atoms with E-state index in [0.717, 1.165) is 22.7 Å². The number of rotatable bonds is 7. The number of hydrogen-bond donors (Lipinski definition) is 1. The Hall–Kier alpha value is -2.09. The van der Waals surface area contributed by atoms with Crippen LogP contribution in [-0.2, 0) is 10.0 Å². The Bertz CT molecular complexity index is 970. The third kappa shape index (κ3) is 4.32. The van der Waals surface area contributed by atoms with Crippen LogP contribution in [0, 0.1) is 5.92 Å². The van der Waals surface area contributed by atoms with E-state index < -0.39 is 10.0 Å². The van der Waals surface area contributed by atoms with Gasteiger partial charge in [-0.15, -0.1) is 0 Å². The van der Waals surface area contributed by atoms with Crippen molar-refractivity contribution in [2.24, 2.45) is 5.92 Å². The molecule has 0 aliphatic heterocycles. The number of sulfonamides is 1. The van der Waals surface area contributed by atoms with E-state index in [1.54, 1.807) is 18.2 Å². The molecule has 0 saturated heterocycles. The summed E-state index contributed by atoms with van der Waals surface area (Å²) in [5, 5.41) is 3.68. The number of hydrogen-bond acceptors (Lipinski definition) is 4. The number of nitrogens with one attached hydrogen (secondary N) is 1. The van der Waals surface area contributed by atoms with Crippen LogP contribution >= 0.6 is 11.6 Å². The molecule has 3 rings (SSSR count). The monoisotopic (exact) mass is 422 g/mol. The first-order valence-corrected chi connectivity index (χ1v) is 10.7. The van der Waals surface area contributed by atoms with Gasteiger partial charge in [0, 0.05) is 24.7 Å². The molecule has 0 aromatic heterocycles. The van der Waals surface area contributed by atoms with Crippen LogP contribution in [0.5, 0.6) is 5.75 Å². The maximum atomic E-state index is 12.9. The van der Waals surface area contributed by atoms with Gasteiger partial charge in [-0.3, -0.25) is 4.79 Å². The number of methoxy groups -OCH3 is 1. The van der Waals surface area contributed by atoms with Crippen LogP contribution in [0.15, 0.2) is 47.4 Å². The van der Waals surface area contributed by atoms with Crippen LogP contribution in [0.2, 0.25) is 5.02 Å². The fourth-order valence-electron chi connectivity index (χ4n) is 3.01. The molecule has 2 aromatic rings. The van der Waals surface area contributed by atoms with Gasteiger partial charge in [0.25, 0.3) is 5.91 Å². The van der Waals surface area contributed by atoms with Crippen LogP contribution < -0.4 is 10.1 Å². The van der Waals surface area contributed by atoms with E-state index in [9.17, 15) is 13.2 Å². The predicted octanol–water partition coefficient (Wildman–Crippen LogP) is 3.48. The lowest BCUT2D eigenvalue weighted by atomic mass is 10.0. The van der Waals surface area contributed by atoms with E-state index in [0.29, 0.717) is 10.9 Å². The largest absolute Gasteiger partial charge is 0.495 e. The van der Waals surface area contributed by atoms with Gasteiger partial charge >= 0.3 is 0 Å². The van der Waals surface area contributed by atoms with Gasteiger partial charge in [-0.25, -0.2) is 12.7 Å². The molecule has 1 N–H and O–H groups in total. The highest BCUT2D eigenvalue weighted by Gasteiger charge is 2.34. The maximum absolute atomic E-state index is 12.9. The number of ether oxygens (including phenoxy) is 1. The highest BCUT2D eigenvalue weighted by molar-refractivity contribution is 7.89. The number of amides is 1. The van der Waals surface area contributed by atoms with Crippen molar-refractivity contribution in [2.45, 2.75) is 23.8 Å². The van der Waals surface area contributed by atoms with Gasteiger partial charge in [0.1, 0.15) is 10.6 Å². The summed E-state index contributed by atoms with van der Waals surface area (Å²) in [6.45, 7) is 0. The Morgan fingerprint density at radius 2 is 1.82 bits per heavy atom. The van der Waals surface area contributed by atoms with Gasteiger partial charge in [0.2, 0.25) is 10.0 Å². The zero-order chi connectivity index (χ0) is 20.5. The molecule has 28 heavy (non-hydrogen) atoms. The number of nitrogens with zero attached hydrogens (tertiary/aromatic N) is 1. The average molecular weight is 423 g/mol. The summed E-state index contributed by atoms with van der Waals surface area (Å²) in [4.78, 5) is 12.9. The minimum Gasteiger partial charge on any atom is -0.495 e. The second kappa shape index (κ2) is 8.11. The third-order valence-corrected chi connectivity index (χ3v) is 6.88. The molecule has 1 aliphatic rings. The van der Waals surface area contributed by atoms with E-state index >= 15 is 0 Å². The molecule has 0 radical (unpaired) electrons. The van der Waals surface area contributed by atoms with Crippen molar-refractivity contribution in [3.05, 3.63) is 58.6 Å². The van der Waals surface area contributed by atoms with Crippen molar-refractivity contribution in [3.8, 4) is 5.75 Å². The van der Waals surface area contributed by atoms with Crippen molar-refractivity contribution in [1.29, 1.82) is 0 Å². The second-order valence-electron chi connectivity index (χ2n) is 6.99. The molecule has 0 bridgehead atoms. The first kappa shape index (κ1) is 20.6. The zero-order valence-corrected chi connectivity index (χ0v) is 17.5. The third-order valence-electron chi connectivity index (χ3n) is 4.79. The van der Waals surface area contributed by atoms with E-state index in [4.69, 9.17) is 16.3 Å². The van der Waals surface area contributed by atoms with E-state index in [1.165, 1.54) is 33.3 Å². The topological polar surface area (TPSA) is 75.7 Å². The number of carbonyl (C=O) groups excluding carboxylic acids is 1. The Morgan fingerprint density at radius 3 is 2.36 bits per heavy atom. The van der Waals surface area contributed by atoms with Crippen LogP contribution in [0.25, 0.3) is 0 Å². The van der Waals surface area contributed by atoms with Crippen molar-refractivity contribution in [1.82, 2.24) is 9.62 Å². The van der Waals surface area contributed by atoms with Gasteiger partial charge < -0.3 is 10.1 Å². The van der Waals surface area contributed by atoms with Gasteiger partial charge in [0.05, 0.1) is 13.2 Å². The molecule has 1 aliphatic carbocycles. The Labute approximate surface area is 170 Å². The predicted molar refractivity (Wildman–Crippen MR) is 108 cm³/mol. The summed E-state index contributed by atoms with van der Waals surface area (Å²) in [6.07, 6.45) is 2.08. The molecule has 0 spiro atoms. The van der Waals surface area contributed by atoms with Crippen LogP contribution in [-0.4, -0.2) is 39.8 Å². The first-order valence-electron chi connectivity index (χ1n) is 8.91. The molecule has 2 aromatic carbocycles. The number of carbonyl (C=O) groups is 1. The van der Waals surface area contributed by atoms with Crippen LogP contribution in [0.3, 0.4) is 0 Å². The molecule has 1 amide bonds. The molecule has 0 unspecified atom stereocenters. The molecule has 1 atom stereocenters. The zero-order valence-electron chi connectivity index (χ0n) is 16.0. The summed E-state index contributed by atoms with van der Waals surface area (Å²) >= 11 is 5.97. The van der Waals surface area contributed by atoms with Crippen molar-refractivity contribution >= 4 is 27.5 Å². The van der Waals surface area contributed by atoms with Crippen LogP contribution in [0.4, 0.5) is 0 Å². The Kier molecular flexibility index (Phi) is 5.98. The summed E-state index contributed by atoms with van der Waals surface area (Å²) in [6, 6.07) is 11.7. The minimum absolute atomic E-state index is 0.0397. The smallest absolute Gasteiger partial charge is 0.251 e. The average Bonchev–Trinajstić information content (AvgIpc) is 3.51. The summed E-state index contributed by atoms with van der Waals surface area (Å²) in [5.74, 6) is 0.236. The molecular weight excluding hydrogens is 400 g/mol. The van der Waals surface area contributed by atoms with Gasteiger partial charge in [-0.1, -0.05) is 23.7 Å². The van der Waals surface area contributed by atoms with Gasteiger partial charge in [-0.05, 0) is 54.7 Å². The fraction of sp³-hybridized carbons (Fsp3) is 0.350. The number of benzene rings is 2. The van der Waals surface area contributed by atoms with Gasteiger partial charge in [0.15, 0.2) is 0 Å². The second-order valence-corrected chi connectivity index (χ2v) is 9.55. The standard InChI is InChI=1S/C20H23ClN2O4S/c1-23(2)28(25,26)18-12-15(8-11-17(18)27-3)20(24)22-19(13-4-5-13)14-6-9-16(21)10-7-14/h6-13,19H,4-5H2,1-3H3,(H,22,24)/t19-/m1/s1. The van der Waals surface area contributed by atoms with Crippen LogP contribution in [0.1, 0.15) is 34.8 Å². The summed E-state index contributed by atoms with van der Waals surface area (Å²) in [7, 11) is 0.516. The van der Waals surface area contributed by atoms with Crippen molar-refractivity contribution in [2.75, 3.05) is 21.2 Å². The van der Waals surface area contributed by atoms with E-state index in [2.05, 4.69) is 5.32 Å². The van der Waals surface area contributed by atoms with E-state index in [1.807, 2.05) is 12.1 Å². The highest BCUT2D eigenvalue weighted by atomic mass is 35.5. The lowest BCUT2D eigenvalue weighted by Crippen LogP contribution is -2.30. The highest BCUT2D eigenvalue weighted by Crippen LogP contribution is 2.41. The molecule has 1 fully saturated rings. The summed E-state index contributed by atoms with van der Waals surface area (Å²) < 4.78 is 31.4. The molecule has 1 saturated carbocycles. The van der Waals surface area contributed by atoms with Crippen molar-refractivity contribution in [3.63, 3.8) is 0 Å². The minimum atomic E-state index is -3.75. The Balaban J connectivity index is 1.90. The SMILES string of the molecule is COc1ccc(C(=O)N[C@@H](c2ccc(Cl)cc2)C2CC2)cc1S(=O)(=O)N(C)C. The van der Waals surface area contributed by atoms with E-state index in [-0.39, 0.29) is 28.2 Å². The Morgan fingerprint density at radius 1 is 1.18 bits per heavy atom. The normalized spacial score (nSPS) is 15.3. The first-order chi connectivity index (χ1) is 13.2. The molecule has 150 valence electrons. The van der Waals surface area contributed by atoms with Crippen molar-refractivity contribution < 1.29 is 17.9 Å². The lowest BCUT2D eigenvalue weighted by molar-refractivity contribution is 0.0931. The number of halogens is 1. The molecular formula is C20H23ClN2O4S. The maximum Gasteiger partial charge on any atom is 0.251 e.